The Hall–Kier alpha value is -2.36. The van der Waals surface area contributed by atoms with Gasteiger partial charge in [-0.2, -0.15) is 0 Å². The minimum atomic E-state index is -0.370. The van der Waals surface area contributed by atoms with Gasteiger partial charge in [0, 0.05) is 12.1 Å². The Morgan fingerprint density at radius 3 is 2.55 bits per heavy atom. The van der Waals surface area contributed by atoms with Gasteiger partial charge in [0.2, 0.25) is 0 Å². The number of halogens is 1. The predicted octanol–water partition coefficient (Wildman–Crippen LogP) is 3.85. The third-order valence-electron chi connectivity index (χ3n) is 3.28. The van der Waals surface area contributed by atoms with E-state index in [0.29, 0.717) is 24.3 Å². The number of rotatable bonds is 6. The minimum Gasteiger partial charge on any atom is -0.494 e. The van der Waals surface area contributed by atoms with Crippen LogP contribution < -0.4 is 10.1 Å². The molecule has 2 rings (SSSR count). The van der Waals surface area contributed by atoms with Crippen molar-refractivity contribution in [2.75, 3.05) is 6.61 Å². The number of benzene rings is 2. The summed E-state index contributed by atoms with van der Waals surface area (Å²) < 4.78 is 19.0. The first-order valence-electron chi connectivity index (χ1n) is 7.36. The highest BCUT2D eigenvalue weighted by Crippen LogP contribution is 2.13. The van der Waals surface area contributed by atoms with Crippen LogP contribution in [0.3, 0.4) is 0 Å². The van der Waals surface area contributed by atoms with Gasteiger partial charge in [-0.15, -0.1) is 0 Å². The molecule has 0 fully saturated rings. The molecule has 22 heavy (non-hydrogen) atoms. The van der Waals surface area contributed by atoms with Crippen molar-refractivity contribution >= 4 is 5.91 Å². The van der Waals surface area contributed by atoms with Gasteiger partial charge in [0.25, 0.3) is 5.91 Å². The average Bonchev–Trinajstić information content (AvgIpc) is 2.54. The number of carbonyl (C=O) groups is 1. The van der Waals surface area contributed by atoms with E-state index in [1.165, 1.54) is 6.07 Å². The van der Waals surface area contributed by atoms with Crippen molar-refractivity contribution in [3.8, 4) is 5.75 Å². The van der Waals surface area contributed by atoms with Gasteiger partial charge in [-0.3, -0.25) is 4.79 Å². The van der Waals surface area contributed by atoms with E-state index in [9.17, 15) is 9.18 Å². The average molecular weight is 301 g/mol. The monoisotopic (exact) mass is 301 g/mol. The van der Waals surface area contributed by atoms with Gasteiger partial charge in [-0.1, -0.05) is 25.1 Å². The largest absolute Gasteiger partial charge is 0.494 e. The Morgan fingerprint density at radius 2 is 1.91 bits per heavy atom. The summed E-state index contributed by atoms with van der Waals surface area (Å²) in [5.74, 6) is 0.160. The highest BCUT2D eigenvalue weighted by Gasteiger charge is 2.07. The summed E-state index contributed by atoms with van der Waals surface area (Å²) in [6.45, 7) is 4.80. The lowest BCUT2D eigenvalue weighted by molar-refractivity contribution is 0.0950. The zero-order valence-electron chi connectivity index (χ0n) is 12.9. The Balaban J connectivity index is 1.91. The second kappa shape index (κ2) is 7.59. The summed E-state index contributed by atoms with van der Waals surface area (Å²) >= 11 is 0. The van der Waals surface area contributed by atoms with Crippen molar-refractivity contribution in [3.63, 3.8) is 0 Å². The van der Waals surface area contributed by atoms with Gasteiger partial charge in [-0.05, 0) is 48.7 Å². The molecular formula is C18H20FNO2. The van der Waals surface area contributed by atoms with Crippen LogP contribution in [0.1, 0.15) is 34.8 Å². The molecule has 2 aromatic carbocycles. The lowest BCUT2D eigenvalue weighted by Gasteiger charge is -2.08. The normalized spacial score (nSPS) is 10.3. The predicted molar refractivity (Wildman–Crippen MR) is 84.5 cm³/mol. The molecule has 0 heterocycles. The molecule has 0 spiro atoms. The Bertz CT molecular complexity index is 638. The summed E-state index contributed by atoms with van der Waals surface area (Å²) in [5, 5.41) is 2.78. The summed E-state index contributed by atoms with van der Waals surface area (Å²) in [7, 11) is 0. The van der Waals surface area contributed by atoms with Gasteiger partial charge in [0.05, 0.1) is 6.61 Å². The highest BCUT2D eigenvalue weighted by molar-refractivity contribution is 5.94. The first-order chi connectivity index (χ1) is 10.6. The van der Waals surface area contributed by atoms with Gasteiger partial charge < -0.3 is 10.1 Å². The fraction of sp³-hybridized carbons (Fsp3) is 0.278. The molecule has 116 valence electrons. The Morgan fingerprint density at radius 1 is 1.18 bits per heavy atom. The van der Waals surface area contributed by atoms with Crippen LogP contribution in [0, 0.1) is 12.7 Å². The number of hydrogen-bond donors (Lipinski definition) is 1. The highest BCUT2D eigenvalue weighted by atomic mass is 19.1. The molecule has 0 bridgehead atoms. The standard InChI is InChI=1S/C18H20FNO2/c1-3-10-22-16-8-5-14(6-9-16)12-20-18(21)15-7-4-13(2)17(19)11-15/h4-9,11H,3,10,12H2,1-2H3,(H,20,21). The van der Waals surface area contributed by atoms with Crippen LogP contribution in [0.15, 0.2) is 42.5 Å². The lowest BCUT2D eigenvalue weighted by Crippen LogP contribution is -2.22. The fourth-order valence-electron chi connectivity index (χ4n) is 1.94. The van der Waals surface area contributed by atoms with Crippen LogP contribution >= 0.6 is 0 Å². The second-order valence-corrected chi connectivity index (χ2v) is 5.14. The van der Waals surface area contributed by atoms with Crippen LogP contribution in [0.2, 0.25) is 0 Å². The number of ether oxygens (including phenoxy) is 1. The summed E-state index contributed by atoms with van der Waals surface area (Å²) in [6.07, 6.45) is 0.963. The lowest BCUT2D eigenvalue weighted by atomic mass is 10.1. The molecule has 0 aliphatic rings. The SMILES string of the molecule is CCCOc1ccc(CNC(=O)c2ccc(C)c(F)c2)cc1. The number of hydrogen-bond acceptors (Lipinski definition) is 2. The van der Waals surface area contributed by atoms with E-state index in [4.69, 9.17) is 4.74 Å². The van der Waals surface area contributed by atoms with Crippen molar-refractivity contribution in [2.24, 2.45) is 0 Å². The minimum absolute atomic E-state index is 0.287. The van der Waals surface area contributed by atoms with E-state index in [0.717, 1.165) is 17.7 Å². The molecule has 1 amide bonds. The molecule has 2 aromatic rings. The van der Waals surface area contributed by atoms with E-state index >= 15 is 0 Å². The maximum atomic E-state index is 13.5. The summed E-state index contributed by atoms with van der Waals surface area (Å²) in [4.78, 5) is 12.0. The second-order valence-electron chi connectivity index (χ2n) is 5.14. The first kappa shape index (κ1) is 16.0. The van der Waals surface area contributed by atoms with E-state index in [2.05, 4.69) is 12.2 Å². The third kappa shape index (κ3) is 4.32. The van der Waals surface area contributed by atoms with Crippen molar-refractivity contribution < 1.29 is 13.9 Å². The molecule has 0 aliphatic heterocycles. The molecule has 4 heteroatoms. The Kier molecular flexibility index (Phi) is 5.53. The van der Waals surface area contributed by atoms with E-state index in [-0.39, 0.29) is 11.7 Å². The zero-order valence-corrected chi connectivity index (χ0v) is 12.9. The van der Waals surface area contributed by atoms with Gasteiger partial charge in [0.1, 0.15) is 11.6 Å². The van der Waals surface area contributed by atoms with Crippen LogP contribution in [-0.2, 0) is 6.54 Å². The van der Waals surface area contributed by atoms with Crippen LogP contribution in [-0.4, -0.2) is 12.5 Å². The third-order valence-corrected chi connectivity index (χ3v) is 3.28. The molecule has 0 atom stereocenters. The molecular weight excluding hydrogens is 281 g/mol. The van der Waals surface area contributed by atoms with E-state index in [1.807, 2.05) is 24.3 Å². The van der Waals surface area contributed by atoms with Crippen LogP contribution in [0.25, 0.3) is 0 Å². The molecule has 3 nitrogen and oxygen atoms in total. The topological polar surface area (TPSA) is 38.3 Å². The smallest absolute Gasteiger partial charge is 0.251 e. The van der Waals surface area contributed by atoms with Crippen LogP contribution in [0.5, 0.6) is 5.75 Å². The summed E-state index contributed by atoms with van der Waals surface area (Å²) in [5.41, 5.74) is 1.81. The number of nitrogens with one attached hydrogen (secondary N) is 1. The van der Waals surface area contributed by atoms with Gasteiger partial charge in [-0.25, -0.2) is 4.39 Å². The molecule has 0 aliphatic carbocycles. The first-order valence-corrected chi connectivity index (χ1v) is 7.36. The maximum Gasteiger partial charge on any atom is 0.251 e. The molecule has 0 aromatic heterocycles. The van der Waals surface area contributed by atoms with Crippen molar-refractivity contribution in [1.29, 1.82) is 0 Å². The quantitative estimate of drug-likeness (QED) is 0.880. The van der Waals surface area contributed by atoms with Crippen molar-refractivity contribution in [2.45, 2.75) is 26.8 Å². The Labute approximate surface area is 130 Å². The zero-order chi connectivity index (χ0) is 15.9. The van der Waals surface area contributed by atoms with Gasteiger partial charge in [0.15, 0.2) is 0 Å². The fourth-order valence-corrected chi connectivity index (χ4v) is 1.94. The number of carbonyl (C=O) groups excluding carboxylic acids is 1. The maximum absolute atomic E-state index is 13.5. The molecule has 1 N–H and O–H groups in total. The molecule has 0 unspecified atom stereocenters. The van der Waals surface area contributed by atoms with Crippen molar-refractivity contribution in [1.82, 2.24) is 5.32 Å². The molecule has 0 radical (unpaired) electrons. The number of aryl methyl sites for hydroxylation is 1. The van der Waals surface area contributed by atoms with Gasteiger partial charge >= 0.3 is 0 Å². The number of amides is 1. The molecule has 0 saturated carbocycles. The summed E-state index contributed by atoms with van der Waals surface area (Å²) in [6, 6.07) is 12.0. The van der Waals surface area contributed by atoms with E-state index < -0.39 is 0 Å². The molecule has 0 saturated heterocycles. The van der Waals surface area contributed by atoms with E-state index in [1.54, 1.807) is 19.1 Å². The van der Waals surface area contributed by atoms with Crippen molar-refractivity contribution in [3.05, 3.63) is 65.0 Å². The van der Waals surface area contributed by atoms with Crippen LogP contribution in [0.4, 0.5) is 4.39 Å².